The summed E-state index contributed by atoms with van der Waals surface area (Å²) in [5.41, 5.74) is 2.30. The number of hydrogen-bond acceptors (Lipinski definition) is 4. The summed E-state index contributed by atoms with van der Waals surface area (Å²) in [4.78, 5) is 16.3. The second-order valence-electron chi connectivity index (χ2n) is 4.48. The molecule has 5 nitrogen and oxygen atoms in total. The summed E-state index contributed by atoms with van der Waals surface area (Å²) in [6.07, 6.45) is 3.37. The van der Waals surface area contributed by atoms with Gasteiger partial charge in [0.1, 0.15) is 0 Å². The van der Waals surface area contributed by atoms with E-state index >= 15 is 0 Å². The highest BCUT2D eigenvalue weighted by molar-refractivity contribution is 5.99. The molecule has 0 atom stereocenters. The lowest BCUT2D eigenvalue weighted by Crippen LogP contribution is -2.39. The zero-order valence-electron chi connectivity index (χ0n) is 10.8. The number of aromatic nitrogens is 1. The van der Waals surface area contributed by atoms with Gasteiger partial charge in [0, 0.05) is 38.2 Å². The first kappa shape index (κ1) is 12.8. The van der Waals surface area contributed by atoms with E-state index in [-0.39, 0.29) is 11.9 Å². The number of nitrogens with one attached hydrogen (secondary N) is 2. The Bertz CT molecular complexity index is 428. The third-order valence-electron chi connectivity index (χ3n) is 3.11. The van der Waals surface area contributed by atoms with Gasteiger partial charge in [0.25, 0.3) is 5.91 Å². The SMILES string of the molecule is CNc1cc(C)ncc1C(=O)NC1CCOCC1. The van der Waals surface area contributed by atoms with Crippen LogP contribution in [0.15, 0.2) is 12.3 Å². The zero-order chi connectivity index (χ0) is 13.0. The molecule has 1 amide bonds. The molecular weight excluding hydrogens is 230 g/mol. The Labute approximate surface area is 107 Å². The van der Waals surface area contributed by atoms with E-state index in [2.05, 4.69) is 15.6 Å². The van der Waals surface area contributed by atoms with Crippen molar-refractivity contribution in [2.45, 2.75) is 25.8 Å². The fourth-order valence-corrected chi connectivity index (χ4v) is 2.05. The van der Waals surface area contributed by atoms with E-state index in [4.69, 9.17) is 4.74 Å². The molecule has 1 aliphatic heterocycles. The van der Waals surface area contributed by atoms with Crippen LogP contribution >= 0.6 is 0 Å². The fraction of sp³-hybridized carbons (Fsp3) is 0.538. The Morgan fingerprint density at radius 1 is 1.44 bits per heavy atom. The van der Waals surface area contributed by atoms with Crippen LogP contribution in [0.5, 0.6) is 0 Å². The Morgan fingerprint density at radius 3 is 2.83 bits per heavy atom. The van der Waals surface area contributed by atoms with E-state index in [0.717, 1.165) is 37.4 Å². The van der Waals surface area contributed by atoms with E-state index < -0.39 is 0 Å². The minimum Gasteiger partial charge on any atom is -0.387 e. The molecule has 1 aliphatic rings. The highest BCUT2D eigenvalue weighted by atomic mass is 16.5. The predicted molar refractivity (Wildman–Crippen MR) is 69.8 cm³/mol. The number of aryl methyl sites for hydroxylation is 1. The second kappa shape index (κ2) is 5.82. The lowest BCUT2D eigenvalue weighted by Gasteiger charge is -2.23. The molecule has 0 unspecified atom stereocenters. The molecule has 0 bridgehead atoms. The molecule has 0 radical (unpaired) electrons. The average molecular weight is 249 g/mol. The van der Waals surface area contributed by atoms with Crippen LogP contribution in [0, 0.1) is 6.92 Å². The molecule has 18 heavy (non-hydrogen) atoms. The van der Waals surface area contributed by atoms with Gasteiger partial charge in [-0.15, -0.1) is 0 Å². The van der Waals surface area contributed by atoms with Crippen LogP contribution in [0.2, 0.25) is 0 Å². The standard InChI is InChI=1S/C13H19N3O2/c1-9-7-12(14-2)11(8-15-9)13(17)16-10-3-5-18-6-4-10/h7-8,10H,3-6H2,1-2H3,(H,14,15)(H,16,17). The van der Waals surface area contributed by atoms with Crippen LogP contribution in [-0.2, 0) is 4.74 Å². The summed E-state index contributed by atoms with van der Waals surface area (Å²) in [6, 6.07) is 2.08. The van der Waals surface area contributed by atoms with Crippen LogP contribution in [-0.4, -0.2) is 37.2 Å². The first-order valence-electron chi connectivity index (χ1n) is 6.23. The van der Waals surface area contributed by atoms with Crippen molar-refractivity contribution in [3.63, 3.8) is 0 Å². The van der Waals surface area contributed by atoms with Crippen molar-refractivity contribution < 1.29 is 9.53 Å². The number of anilines is 1. The first-order valence-corrected chi connectivity index (χ1v) is 6.23. The summed E-state index contributed by atoms with van der Waals surface area (Å²) in [7, 11) is 1.81. The smallest absolute Gasteiger partial charge is 0.255 e. The molecular formula is C13H19N3O2. The number of rotatable bonds is 3. The lowest BCUT2D eigenvalue weighted by molar-refractivity contribution is 0.0696. The number of carbonyl (C=O) groups is 1. The fourth-order valence-electron chi connectivity index (χ4n) is 2.05. The molecule has 0 aromatic carbocycles. The van der Waals surface area contributed by atoms with Crippen LogP contribution in [0.4, 0.5) is 5.69 Å². The van der Waals surface area contributed by atoms with Gasteiger partial charge in [0.15, 0.2) is 0 Å². The van der Waals surface area contributed by atoms with Crippen LogP contribution in [0.3, 0.4) is 0 Å². The zero-order valence-corrected chi connectivity index (χ0v) is 10.8. The van der Waals surface area contributed by atoms with Crippen molar-refractivity contribution in [2.24, 2.45) is 0 Å². The summed E-state index contributed by atoms with van der Waals surface area (Å²) < 4.78 is 5.27. The quantitative estimate of drug-likeness (QED) is 0.848. The normalized spacial score (nSPS) is 16.3. The van der Waals surface area contributed by atoms with Gasteiger partial charge in [-0.1, -0.05) is 0 Å². The number of hydrogen-bond donors (Lipinski definition) is 2. The molecule has 0 spiro atoms. The maximum Gasteiger partial charge on any atom is 0.255 e. The third-order valence-corrected chi connectivity index (χ3v) is 3.11. The van der Waals surface area contributed by atoms with Crippen LogP contribution < -0.4 is 10.6 Å². The Hall–Kier alpha value is -1.62. The number of carbonyl (C=O) groups excluding carboxylic acids is 1. The van der Waals surface area contributed by atoms with Crippen molar-refractivity contribution in [2.75, 3.05) is 25.6 Å². The van der Waals surface area contributed by atoms with E-state index in [1.165, 1.54) is 0 Å². The summed E-state index contributed by atoms with van der Waals surface area (Å²) >= 11 is 0. The number of nitrogens with zero attached hydrogens (tertiary/aromatic N) is 1. The molecule has 2 N–H and O–H groups in total. The summed E-state index contributed by atoms with van der Waals surface area (Å²) in [6.45, 7) is 3.34. The molecule has 0 saturated carbocycles. The van der Waals surface area contributed by atoms with E-state index in [1.807, 2.05) is 13.0 Å². The monoisotopic (exact) mass is 249 g/mol. The molecule has 1 saturated heterocycles. The van der Waals surface area contributed by atoms with Crippen LogP contribution in [0.1, 0.15) is 28.9 Å². The van der Waals surface area contributed by atoms with Crippen molar-refractivity contribution in [1.82, 2.24) is 10.3 Å². The Balaban J connectivity index is 2.08. The van der Waals surface area contributed by atoms with Crippen LogP contribution in [0.25, 0.3) is 0 Å². The third kappa shape index (κ3) is 2.98. The predicted octanol–water partition coefficient (Wildman–Crippen LogP) is 1.34. The topological polar surface area (TPSA) is 63.2 Å². The highest BCUT2D eigenvalue weighted by Gasteiger charge is 2.18. The molecule has 1 aromatic heterocycles. The largest absolute Gasteiger partial charge is 0.387 e. The van der Waals surface area contributed by atoms with Gasteiger partial charge in [0.2, 0.25) is 0 Å². The van der Waals surface area contributed by atoms with Gasteiger partial charge < -0.3 is 15.4 Å². The van der Waals surface area contributed by atoms with Gasteiger partial charge in [-0.3, -0.25) is 9.78 Å². The second-order valence-corrected chi connectivity index (χ2v) is 4.48. The molecule has 0 aliphatic carbocycles. The van der Waals surface area contributed by atoms with Crippen molar-refractivity contribution in [1.29, 1.82) is 0 Å². The van der Waals surface area contributed by atoms with Gasteiger partial charge in [-0.05, 0) is 25.8 Å². The minimum absolute atomic E-state index is 0.0706. The summed E-state index contributed by atoms with van der Waals surface area (Å²) in [5, 5.41) is 6.06. The lowest BCUT2D eigenvalue weighted by atomic mass is 10.1. The number of amides is 1. The molecule has 1 fully saturated rings. The van der Waals surface area contributed by atoms with Gasteiger partial charge in [-0.25, -0.2) is 0 Å². The maximum absolute atomic E-state index is 12.2. The van der Waals surface area contributed by atoms with E-state index in [0.29, 0.717) is 5.56 Å². The summed E-state index contributed by atoms with van der Waals surface area (Å²) in [5.74, 6) is -0.0706. The molecule has 2 rings (SSSR count). The van der Waals surface area contributed by atoms with Crippen molar-refractivity contribution in [3.8, 4) is 0 Å². The molecule has 1 aromatic rings. The highest BCUT2D eigenvalue weighted by Crippen LogP contribution is 2.16. The number of pyridine rings is 1. The van der Waals surface area contributed by atoms with Crippen molar-refractivity contribution >= 4 is 11.6 Å². The van der Waals surface area contributed by atoms with E-state index in [1.54, 1.807) is 13.2 Å². The average Bonchev–Trinajstić information content (AvgIpc) is 2.39. The van der Waals surface area contributed by atoms with Crippen molar-refractivity contribution in [3.05, 3.63) is 23.5 Å². The molecule has 5 heteroatoms. The molecule has 98 valence electrons. The Kier molecular flexibility index (Phi) is 4.15. The van der Waals surface area contributed by atoms with Gasteiger partial charge in [0.05, 0.1) is 11.3 Å². The Morgan fingerprint density at radius 2 is 2.17 bits per heavy atom. The minimum atomic E-state index is -0.0706. The maximum atomic E-state index is 12.2. The van der Waals surface area contributed by atoms with Gasteiger partial charge in [-0.2, -0.15) is 0 Å². The first-order chi connectivity index (χ1) is 8.70. The number of ether oxygens (including phenoxy) is 1. The van der Waals surface area contributed by atoms with E-state index in [9.17, 15) is 4.79 Å². The molecule has 2 heterocycles. The van der Waals surface area contributed by atoms with Gasteiger partial charge >= 0.3 is 0 Å².